The third-order valence-corrected chi connectivity index (χ3v) is 2.09. The Kier molecular flexibility index (Phi) is 2.70. The van der Waals surface area contributed by atoms with Crippen molar-refractivity contribution >= 4 is 11.9 Å². The molecule has 72 valence electrons. The Morgan fingerprint density at radius 1 is 1.77 bits per heavy atom. The molecule has 4 heteroatoms. The van der Waals surface area contributed by atoms with Crippen LogP contribution in [0, 0.1) is 5.92 Å². The second-order valence-electron chi connectivity index (χ2n) is 3.49. The first-order chi connectivity index (χ1) is 6.00. The zero-order valence-electron chi connectivity index (χ0n) is 7.62. The molecule has 1 aliphatic heterocycles. The minimum atomic E-state index is -1.03. The number of hydrogen-bond acceptors (Lipinski definition) is 2. The van der Waals surface area contributed by atoms with E-state index in [0.29, 0.717) is 18.9 Å². The van der Waals surface area contributed by atoms with Gasteiger partial charge in [0.15, 0.2) is 0 Å². The van der Waals surface area contributed by atoms with Gasteiger partial charge in [-0.25, -0.2) is 4.79 Å². The first-order valence-corrected chi connectivity index (χ1v) is 4.19. The predicted molar refractivity (Wildman–Crippen MR) is 47.1 cm³/mol. The lowest BCUT2D eigenvalue weighted by molar-refractivity contribution is -0.133. The Hall–Kier alpha value is -1.32. The van der Waals surface area contributed by atoms with Gasteiger partial charge in [0.2, 0.25) is 5.91 Å². The van der Waals surface area contributed by atoms with Gasteiger partial charge in [0.05, 0.1) is 6.54 Å². The third-order valence-electron chi connectivity index (χ3n) is 2.09. The fourth-order valence-corrected chi connectivity index (χ4v) is 1.42. The summed E-state index contributed by atoms with van der Waals surface area (Å²) in [6.07, 6.45) is 0.521. The summed E-state index contributed by atoms with van der Waals surface area (Å²) < 4.78 is 0. The van der Waals surface area contributed by atoms with Gasteiger partial charge in [0.1, 0.15) is 0 Å². The van der Waals surface area contributed by atoms with E-state index in [1.54, 1.807) is 4.90 Å². The molecule has 0 aromatic carbocycles. The Labute approximate surface area is 76.8 Å². The summed E-state index contributed by atoms with van der Waals surface area (Å²) in [7, 11) is 0. The van der Waals surface area contributed by atoms with Crippen LogP contribution in [0.1, 0.15) is 13.3 Å². The first-order valence-electron chi connectivity index (χ1n) is 4.19. The summed E-state index contributed by atoms with van der Waals surface area (Å²) >= 11 is 0. The van der Waals surface area contributed by atoms with Crippen LogP contribution in [0.15, 0.2) is 12.2 Å². The largest absolute Gasteiger partial charge is 0.478 e. The summed E-state index contributed by atoms with van der Waals surface area (Å²) in [5, 5.41) is 8.56. The molecule has 1 rings (SSSR count). The zero-order valence-corrected chi connectivity index (χ0v) is 7.62. The Balaban J connectivity index is 2.51. The molecule has 1 aliphatic rings. The molecule has 0 radical (unpaired) electrons. The van der Waals surface area contributed by atoms with Crippen molar-refractivity contribution in [2.75, 3.05) is 13.1 Å². The smallest absolute Gasteiger partial charge is 0.332 e. The van der Waals surface area contributed by atoms with Gasteiger partial charge in [-0.3, -0.25) is 4.79 Å². The third kappa shape index (κ3) is 2.31. The molecule has 0 bridgehead atoms. The summed E-state index contributed by atoms with van der Waals surface area (Å²) in [4.78, 5) is 23.2. The Morgan fingerprint density at radius 3 is 2.77 bits per heavy atom. The minimum absolute atomic E-state index is 0.0231. The van der Waals surface area contributed by atoms with Crippen molar-refractivity contribution in [2.45, 2.75) is 13.3 Å². The van der Waals surface area contributed by atoms with Crippen molar-refractivity contribution in [1.82, 2.24) is 4.90 Å². The molecule has 1 fully saturated rings. The van der Waals surface area contributed by atoms with Crippen molar-refractivity contribution in [1.29, 1.82) is 0 Å². The lowest BCUT2D eigenvalue weighted by Gasteiger charge is -2.15. The Morgan fingerprint density at radius 2 is 2.38 bits per heavy atom. The molecule has 1 atom stereocenters. The standard InChI is InChI=1S/C9H13NO3/c1-6-3-8(11)10(4-6)5-7(2)9(12)13/h6H,2-5H2,1H3,(H,12,13). The van der Waals surface area contributed by atoms with Crippen molar-refractivity contribution in [3.05, 3.63) is 12.2 Å². The van der Waals surface area contributed by atoms with E-state index in [-0.39, 0.29) is 18.0 Å². The second kappa shape index (κ2) is 3.60. The molecular weight excluding hydrogens is 170 g/mol. The van der Waals surface area contributed by atoms with E-state index in [4.69, 9.17) is 5.11 Å². The number of aliphatic carboxylic acids is 1. The molecule has 13 heavy (non-hydrogen) atoms. The van der Waals surface area contributed by atoms with Crippen molar-refractivity contribution in [3.8, 4) is 0 Å². The molecule has 1 unspecified atom stereocenters. The van der Waals surface area contributed by atoms with Crippen LogP contribution in [0.5, 0.6) is 0 Å². The second-order valence-corrected chi connectivity index (χ2v) is 3.49. The molecule has 1 heterocycles. The van der Waals surface area contributed by atoms with Crippen molar-refractivity contribution in [3.63, 3.8) is 0 Å². The van der Waals surface area contributed by atoms with Crippen LogP contribution in [0.2, 0.25) is 0 Å². The number of likely N-dealkylation sites (tertiary alicyclic amines) is 1. The molecular formula is C9H13NO3. The van der Waals surface area contributed by atoms with Gasteiger partial charge >= 0.3 is 5.97 Å². The van der Waals surface area contributed by atoms with Crippen LogP contribution in [-0.4, -0.2) is 35.0 Å². The normalized spacial score (nSPS) is 22.1. The maximum Gasteiger partial charge on any atom is 0.332 e. The number of carbonyl (C=O) groups excluding carboxylic acids is 1. The van der Waals surface area contributed by atoms with Gasteiger partial charge in [-0.15, -0.1) is 0 Å². The van der Waals surface area contributed by atoms with Crippen LogP contribution in [0.25, 0.3) is 0 Å². The highest BCUT2D eigenvalue weighted by atomic mass is 16.4. The van der Waals surface area contributed by atoms with E-state index in [2.05, 4.69) is 6.58 Å². The van der Waals surface area contributed by atoms with Crippen LogP contribution in [0.4, 0.5) is 0 Å². The predicted octanol–water partition coefficient (Wildman–Crippen LogP) is 0.496. The van der Waals surface area contributed by atoms with Gasteiger partial charge in [-0.2, -0.15) is 0 Å². The lowest BCUT2D eigenvalue weighted by Crippen LogP contribution is -2.29. The van der Waals surface area contributed by atoms with E-state index in [1.807, 2.05) is 6.92 Å². The topological polar surface area (TPSA) is 57.6 Å². The fourth-order valence-electron chi connectivity index (χ4n) is 1.42. The molecule has 0 saturated carbocycles. The summed E-state index contributed by atoms with van der Waals surface area (Å²) in [5.41, 5.74) is 0.0717. The van der Waals surface area contributed by atoms with E-state index >= 15 is 0 Å². The van der Waals surface area contributed by atoms with E-state index in [9.17, 15) is 9.59 Å². The zero-order chi connectivity index (χ0) is 10.0. The summed E-state index contributed by atoms with van der Waals surface area (Å²) in [5.74, 6) is -0.684. The maximum absolute atomic E-state index is 11.2. The van der Waals surface area contributed by atoms with Gasteiger partial charge in [-0.1, -0.05) is 13.5 Å². The van der Waals surface area contributed by atoms with Gasteiger partial charge in [-0.05, 0) is 5.92 Å². The molecule has 0 aromatic heterocycles. The van der Waals surface area contributed by atoms with Gasteiger partial charge in [0, 0.05) is 18.5 Å². The minimum Gasteiger partial charge on any atom is -0.478 e. The Bertz CT molecular complexity index is 260. The van der Waals surface area contributed by atoms with Crippen molar-refractivity contribution in [2.24, 2.45) is 5.92 Å². The fraction of sp³-hybridized carbons (Fsp3) is 0.556. The average molecular weight is 183 g/mol. The maximum atomic E-state index is 11.2. The van der Waals surface area contributed by atoms with E-state index in [0.717, 1.165) is 0 Å². The molecule has 4 nitrogen and oxygen atoms in total. The van der Waals surface area contributed by atoms with E-state index in [1.165, 1.54) is 0 Å². The number of rotatable bonds is 3. The number of carboxylic acid groups (broad SMARTS) is 1. The quantitative estimate of drug-likeness (QED) is 0.648. The number of carboxylic acids is 1. The first kappa shape index (κ1) is 9.77. The summed E-state index contributed by atoms with van der Waals surface area (Å²) in [6.45, 7) is 6.15. The molecule has 0 aliphatic carbocycles. The number of nitrogens with zero attached hydrogens (tertiary/aromatic N) is 1. The highest BCUT2D eigenvalue weighted by molar-refractivity contribution is 5.88. The van der Waals surface area contributed by atoms with Crippen LogP contribution in [0.3, 0.4) is 0 Å². The van der Waals surface area contributed by atoms with Gasteiger partial charge in [0.25, 0.3) is 0 Å². The van der Waals surface area contributed by atoms with E-state index < -0.39 is 5.97 Å². The molecule has 0 spiro atoms. The average Bonchev–Trinajstić information content (AvgIpc) is 2.30. The molecule has 1 N–H and O–H groups in total. The molecule has 1 amide bonds. The molecule has 1 saturated heterocycles. The number of hydrogen-bond donors (Lipinski definition) is 1. The summed E-state index contributed by atoms with van der Waals surface area (Å²) in [6, 6.07) is 0. The van der Waals surface area contributed by atoms with Crippen LogP contribution >= 0.6 is 0 Å². The highest BCUT2D eigenvalue weighted by Crippen LogP contribution is 2.17. The monoisotopic (exact) mass is 183 g/mol. The van der Waals surface area contributed by atoms with Gasteiger partial charge < -0.3 is 10.0 Å². The number of carbonyl (C=O) groups is 2. The van der Waals surface area contributed by atoms with Crippen LogP contribution in [-0.2, 0) is 9.59 Å². The van der Waals surface area contributed by atoms with Crippen molar-refractivity contribution < 1.29 is 14.7 Å². The SMILES string of the molecule is C=C(CN1CC(C)CC1=O)C(=O)O. The van der Waals surface area contributed by atoms with Crippen LogP contribution < -0.4 is 0 Å². The lowest BCUT2D eigenvalue weighted by atomic mass is 10.2. The highest BCUT2D eigenvalue weighted by Gasteiger charge is 2.27. The number of amides is 1. The molecule has 0 aromatic rings.